The third kappa shape index (κ3) is 3.59. The van der Waals surface area contributed by atoms with Gasteiger partial charge in [-0.2, -0.15) is 5.26 Å². The summed E-state index contributed by atoms with van der Waals surface area (Å²) in [7, 11) is 1.32. The molecule has 0 saturated heterocycles. The number of thioether (sulfide) groups is 2. The molecule has 0 aromatic heterocycles. The summed E-state index contributed by atoms with van der Waals surface area (Å²) in [6.07, 6.45) is 3.88. The van der Waals surface area contributed by atoms with Crippen LogP contribution in [0.15, 0.2) is 71.8 Å². The van der Waals surface area contributed by atoms with Gasteiger partial charge in [0.1, 0.15) is 11.5 Å². The summed E-state index contributed by atoms with van der Waals surface area (Å²) in [5.41, 5.74) is 0.771. The van der Waals surface area contributed by atoms with E-state index in [-0.39, 0.29) is 4.58 Å². The van der Waals surface area contributed by atoms with E-state index < -0.39 is 23.4 Å². The van der Waals surface area contributed by atoms with Gasteiger partial charge in [-0.15, -0.1) is 23.5 Å². The fraction of sp³-hybridized carbons (Fsp3) is 0.304. The average Bonchev–Trinajstić information content (AvgIpc) is 3.05. The molecule has 0 radical (unpaired) electrons. The van der Waals surface area contributed by atoms with Crippen molar-refractivity contribution in [3.63, 3.8) is 0 Å². The summed E-state index contributed by atoms with van der Waals surface area (Å²) in [6, 6.07) is 20.9. The van der Waals surface area contributed by atoms with Gasteiger partial charge in [0.05, 0.1) is 17.8 Å². The van der Waals surface area contributed by atoms with E-state index in [0.29, 0.717) is 16.7 Å². The summed E-state index contributed by atoms with van der Waals surface area (Å²) < 4.78 is 4.96. The molecule has 1 N–H and O–H groups in total. The first kappa shape index (κ1) is 21.5. The Morgan fingerprint density at radius 3 is 2.14 bits per heavy atom. The molecule has 0 fully saturated rings. The van der Waals surface area contributed by atoms with Crippen LogP contribution in [-0.2, 0) is 15.1 Å². The summed E-state index contributed by atoms with van der Waals surface area (Å²) >= 11 is 3.09. The van der Waals surface area contributed by atoms with Gasteiger partial charge in [0.15, 0.2) is 0 Å². The zero-order valence-electron chi connectivity index (χ0n) is 16.5. The van der Waals surface area contributed by atoms with Gasteiger partial charge in [0, 0.05) is 17.1 Å². The largest absolute Gasteiger partial charge is 0.469 e. The lowest BCUT2D eigenvalue weighted by Crippen LogP contribution is -2.42. The Morgan fingerprint density at radius 1 is 1.10 bits per heavy atom. The number of methoxy groups -OCH3 is 1. The molecule has 6 heteroatoms. The predicted molar refractivity (Wildman–Crippen MR) is 118 cm³/mol. The van der Waals surface area contributed by atoms with Crippen LogP contribution in [0, 0.1) is 17.2 Å². The van der Waals surface area contributed by atoms with Crippen LogP contribution >= 0.6 is 23.5 Å². The molecule has 0 amide bonds. The zero-order chi connectivity index (χ0) is 21.0. The fourth-order valence-corrected chi connectivity index (χ4v) is 6.05. The van der Waals surface area contributed by atoms with Crippen molar-refractivity contribution in [1.82, 2.24) is 0 Å². The van der Waals surface area contributed by atoms with Crippen LogP contribution in [0.3, 0.4) is 0 Å². The van der Waals surface area contributed by atoms with Crippen molar-refractivity contribution >= 4 is 29.5 Å². The van der Waals surface area contributed by atoms with Crippen LogP contribution in [0.25, 0.3) is 0 Å². The Bertz CT molecular complexity index is 936. The molecule has 0 heterocycles. The molecule has 3 atom stereocenters. The second-order valence-corrected chi connectivity index (χ2v) is 8.95. The lowest BCUT2D eigenvalue weighted by Gasteiger charge is -2.36. The molecular formula is C23H23NO3S2. The van der Waals surface area contributed by atoms with E-state index in [1.807, 2.05) is 61.0 Å². The van der Waals surface area contributed by atoms with E-state index in [9.17, 15) is 15.2 Å². The number of carbonyl (C=O) groups excluding carboxylic acids is 1. The van der Waals surface area contributed by atoms with Crippen LogP contribution in [0.1, 0.15) is 17.0 Å². The number of allylic oxidation sites excluding steroid dienone is 1. The number of nitriles is 1. The van der Waals surface area contributed by atoms with Crippen molar-refractivity contribution in [3.8, 4) is 6.07 Å². The zero-order valence-corrected chi connectivity index (χ0v) is 18.2. The van der Waals surface area contributed by atoms with Crippen LogP contribution in [-0.4, -0.2) is 35.3 Å². The van der Waals surface area contributed by atoms with Gasteiger partial charge in [-0.05, 0) is 23.6 Å². The SMILES string of the molecule is COC(=O)[C@@H]1[C@@H](c2ccccc2)C(C#N)=C(C(SC)SC)[C@@]1(O)c1ccccc1. The topological polar surface area (TPSA) is 70.3 Å². The van der Waals surface area contributed by atoms with Gasteiger partial charge in [0.2, 0.25) is 0 Å². The maximum Gasteiger partial charge on any atom is 0.313 e. The summed E-state index contributed by atoms with van der Waals surface area (Å²) in [6.45, 7) is 0. The van der Waals surface area contributed by atoms with E-state index in [2.05, 4.69) is 6.07 Å². The molecule has 150 valence electrons. The van der Waals surface area contributed by atoms with E-state index >= 15 is 0 Å². The van der Waals surface area contributed by atoms with Crippen molar-refractivity contribution < 1.29 is 14.6 Å². The van der Waals surface area contributed by atoms with Crippen molar-refractivity contribution in [2.24, 2.45) is 5.92 Å². The number of rotatable bonds is 6. The van der Waals surface area contributed by atoms with Crippen LogP contribution in [0.4, 0.5) is 0 Å². The van der Waals surface area contributed by atoms with Gasteiger partial charge >= 0.3 is 5.97 Å². The molecule has 2 aromatic rings. The number of nitrogens with zero attached hydrogens (tertiary/aromatic N) is 1. The average molecular weight is 426 g/mol. The first-order chi connectivity index (χ1) is 14.0. The summed E-state index contributed by atoms with van der Waals surface area (Å²) in [5, 5.41) is 22.4. The molecule has 0 aliphatic heterocycles. The van der Waals surface area contributed by atoms with Gasteiger partial charge in [-0.3, -0.25) is 4.79 Å². The highest BCUT2D eigenvalue weighted by molar-refractivity contribution is 8.16. The Hall–Kier alpha value is -2.20. The lowest BCUT2D eigenvalue weighted by atomic mass is 9.75. The molecule has 4 nitrogen and oxygen atoms in total. The van der Waals surface area contributed by atoms with Gasteiger partial charge in [-0.25, -0.2) is 0 Å². The van der Waals surface area contributed by atoms with Crippen LogP contribution in [0.2, 0.25) is 0 Å². The smallest absolute Gasteiger partial charge is 0.313 e. The standard InChI is InChI=1S/C23H23NO3S2/c1-27-21(25)20-18(15-10-6-4-7-11-15)17(14-24)19(22(28-2)29-3)23(20,26)16-12-8-5-9-13-16/h4-13,18,20,22,26H,1-3H3/t18-,20-,23-/m0/s1. The number of esters is 1. The number of hydrogen-bond acceptors (Lipinski definition) is 6. The molecule has 1 aliphatic carbocycles. The minimum absolute atomic E-state index is 0.185. The van der Waals surface area contributed by atoms with Crippen molar-refractivity contribution in [2.75, 3.05) is 19.6 Å². The summed E-state index contributed by atoms with van der Waals surface area (Å²) in [5.74, 6) is -2.08. The van der Waals surface area contributed by atoms with Crippen LogP contribution < -0.4 is 0 Å². The van der Waals surface area contributed by atoms with Gasteiger partial charge < -0.3 is 9.84 Å². The molecule has 1 aliphatic rings. The van der Waals surface area contributed by atoms with Crippen LogP contribution in [0.5, 0.6) is 0 Å². The number of carbonyl (C=O) groups is 1. The molecule has 3 rings (SSSR count). The molecule has 2 aromatic carbocycles. The highest BCUT2D eigenvalue weighted by atomic mass is 32.2. The molecule has 0 bridgehead atoms. The van der Waals surface area contributed by atoms with Crippen molar-refractivity contribution in [2.45, 2.75) is 16.1 Å². The van der Waals surface area contributed by atoms with Crippen molar-refractivity contribution in [1.29, 1.82) is 5.26 Å². The number of aliphatic hydroxyl groups is 1. The Labute approximate surface area is 180 Å². The third-order valence-corrected chi connectivity index (χ3v) is 7.89. The number of ether oxygens (including phenoxy) is 1. The van der Waals surface area contributed by atoms with Gasteiger partial charge in [-0.1, -0.05) is 60.7 Å². The molecule has 0 saturated carbocycles. The lowest BCUT2D eigenvalue weighted by molar-refractivity contribution is -0.153. The highest BCUT2D eigenvalue weighted by Gasteiger charge is 2.59. The monoisotopic (exact) mass is 425 g/mol. The Balaban J connectivity index is 2.38. The first-order valence-electron chi connectivity index (χ1n) is 9.15. The first-order valence-corrected chi connectivity index (χ1v) is 11.7. The van der Waals surface area contributed by atoms with E-state index in [1.54, 1.807) is 35.7 Å². The quantitative estimate of drug-likeness (QED) is 0.549. The Morgan fingerprint density at radius 2 is 1.66 bits per heavy atom. The normalized spacial score (nSPS) is 23.9. The molecule has 0 spiro atoms. The second-order valence-electron chi connectivity index (χ2n) is 6.76. The van der Waals surface area contributed by atoms with E-state index in [0.717, 1.165) is 5.56 Å². The maximum atomic E-state index is 13.1. The predicted octanol–water partition coefficient (Wildman–Crippen LogP) is 4.33. The summed E-state index contributed by atoms with van der Waals surface area (Å²) in [4.78, 5) is 13.1. The highest BCUT2D eigenvalue weighted by Crippen LogP contribution is 2.58. The minimum atomic E-state index is -1.64. The van der Waals surface area contributed by atoms with E-state index in [4.69, 9.17) is 4.74 Å². The second kappa shape index (κ2) is 9.08. The minimum Gasteiger partial charge on any atom is -0.469 e. The number of benzene rings is 2. The van der Waals surface area contributed by atoms with Gasteiger partial charge in [0.25, 0.3) is 0 Å². The maximum absolute atomic E-state index is 13.1. The van der Waals surface area contributed by atoms with E-state index in [1.165, 1.54) is 7.11 Å². The molecule has 29 heavy (non-hydrogen) atoms. The Kier molecular flexibility index (Phi) is 6.74. The van der Waals surface area contributed by atoms with Crippen molar-refractivity contribution in [3.05, 3.63) is 82.9 Å². The molecular weight excluding hydrogens is 402 g/mol. The number of hydrogen-bond donors (Lipinski definition) is 1. The molecule has 0 unspecified atom stereocenters. The fourth-order valence-electron chi connectivity index (χ4n) is 4.20. The third-order valence-electron chi connectivity index (χ3n) is 5.41.